The summed E-state index contributed by atoms with van der Waals surface area (Å²) in [7, 11) is 0. The maximum Gasteiger partial charge on any atom is 0.336 e. The van der Waals surface area contributed by atoms with Crippen LogP contribution in [0.25, 0.3) is 11.1 Å². The quantitative estimate of drug-likeness (QED) is 0.404. The van der Waals surface area contributed by atoms with Gasteiger partial charge in [0.2, 0.25) is 0 Å². The second-order valence-corrected chi connectivity index (χ2v) is 6.80. The fourth-order valence-electron chi connectivity index (χ4n) is 3.20. The van der Waals surface area contributed by atoms with Crippen LogP contribution >= 0.6 is 0 Å². The predicted octanol–water partition coefficient (Wildman–Crippen LogP) is 6.10. The van der Waals surface area contributed by atoms with Gasteiger partial charge in [-0.1, -0.05) is 60.7 Å². The van der Waals surface area contributed by atoms with Gasteiger partial charge in [-0.2, -0.15) is 0 Å². The highest BCUT2D eigenvalue weighted by Crippen LogP contribution is 2.30. The number of ether oxygens (including phenoxy) is 1. The van der Waals surface area contributed by atoms with E-state index in [9.17, 15) is 14.7 Å². The first-order chi connectivity index (χ1) is 15.1. The zero-order valence-corrected chi connectivity index (χ0v) is 16.5. The molecule has 0 spiro atoms. The number of carbonyl (C=O) groups is 2. The summed E-state index contributed by atoms with van der Waals surface area (Å²) in [5.41, 5.74) is 2.20. The fourth-order valence-corrected chi connectivity index (χ4v) is 3.20. The van der Waals surface area contributed by atoms with Gasteiger partial charge in [0.05, 0.1) is 11.3 Å². The molecule has 4 aromatic rings. The molecule has 0 bridgehead atoms. The Morgan fingerprint density at radius 3 is 2.10 bits per heavy atom. The third-order valence-corrected chi connectivity index (χ3v) is 4.70. The van der Waals surface area contributed by atoms with Crippen molar-refractivity contribution in [3.8, 4) is 22.6 Å². The van der Waals surface area contributed by atoms with Gasteiger partial charge in [0.1, 0.15) is 5.75 Å². The van der Waals surface area contributed by atoms with Crippen LogP contribution in [0.15, 0.2) is 103 Å². The summed E-state index contributed by atoms with van der Waals surface area (Å²) in [5.74, 6) is -0.250. The topological polar surface area (TPSA) is 75.6 Å². The van der Waals surface area contributed by atoms with Gasteiger partial charge in [-0.15, -0.1) is 0 Å². The molecule has 0 saturated heterocycles. The smallest absolute Gasteiger partial charge is 0.336 e. The van der Waals surface area contributed by atoms with Crippen LogP contribution in [0.5, 0.6) is 11.5 Å². The molecule has 0 unspecified atom stereocenters. The van der Waals surface area contributed by atoms with Gasteiger partial charge < -0.3 is 15.2 Å². The van der Waals surface area contributed by atoms with Crippen LogP contribution < -0.4 is 10.1 Å². The second kappa shape index (κ2) is 8.97. The lowest BCUT2D eigenvalue weighted by Crippen LogP contribution is -2.13. The number of aromatic carboxylic acids is 1. The molecular formula is C26H19NO4. The molecule has 0 aliphatic rings. The zero-order chi connectivity index (χ0) is 21.6. The van der Waals surface area contributed by atoms with Crippen molar-refractivity contribution in [1.82, 2.24) is 0 Å². The van der Waals surface area contributed by atoms with E-state index in [2.05, 4.69) is 5.32 Å². The third-order valence-electron chi connectivity index (χ3n) is 4.70. The van der Waals surface area contributed by atoms with Gasteiger partial charge in [-0.3, -0.25) is 4.79 Å². The highest BCUT2D eigenvalue weighted by Gasteiger charge is 2.16. The Bertz CT molecular complexity index is 1220. The molecule has 0 fully saturated rings. The van der Waals surface area contributed by atoms with Crippen molar-refractivity contribution >= 4 is 17.6 Å². The highest BCUT2D eigenvalue weighted by atomic mass is 16.5. The molecule has 31 heavy (non-hydrogen) atoms. The Morgan fingerprint density at radius 1 is 0.742 bits per heavy atom. The molecule has 0 aromatic heterocycles. The lowest BCUT2D eigenvalue weighted by atomic mass is 9.97. The second-order valence-electron chi connectivity index (χ2n) is 6.80. The number of anilines is 1. The van der Waals surface area contributed by atoms with Crippen LogP contribution in [0.3, 0.4) is 0 Å². The van der Waals surface area contributed by atoms with Crippen LogP contribution in [0.1, 0.15) is 20.7 Å². The summed E-state index contributed by atoms with van der Waals surface area (Å²) in [4.78, 5) is 24.6. The summed E-state index contributed by atoms with van der Waals surface area (Å²) >= 11 is 0. The molecule has 4 rings (SSSR count). The van der Waals surface area contributed by atoms with Crippen molar-refractivity contribution in [3.63, 3.8) is 0 Å². The van der Waals surface area contributed by atoms with Crippen LogP contribution in [0.2, 0.25) is 0 Å². The Hall–Kier alpha value is -4.38. The van der Waals surface area contributed by atoms with E-state index in [1.165, 1.54) is 12.1 Å². The summed E-state index contributed by atoms with van der Waals surface area (Å²) in [6, 6.07) is 30.1. The molecule has 5 nitrogen and oxygen atoms in total. The largest absolute Gasteiger partial charge is 0.478 e. The van der Waals surface area contributed by atoms with Crippen molar-refractivity contribution in [2.24, 2.45) is 0 Å². The summed E-state index contributed by atoms with van der Waals surface area (Å²) in [5, 5.41) is 12.4. The normalized spacial score (nSPS) is 10.3. The molecule has 4 aromatic carbocycles. The van der Waals surface area contributed by atoms with Crippen LogP contribution in [0.4, 0.5) is 5.69 Å². The first-order valence-electron chi connectivity index (χ1n) is 9.68. The van der Waals surface area contributed by atoms with Gasteiger partial charge in [-0.25, -0.2) is 4.79 Å². The Kier molecular flexibility index (Phi) is 5.76. The monoisotopic (exact) mass is 409 g/mol. The van der Waals surface area contributed by atoms with Gasteiger partial charge in [0.15, 0.2) is 5.75 Å². The average Bonchev–Trinajstić information content (AvgIpc) is 2.81. The number of nitrogens with one attached hydrogen (secondary N) is 1. The standard InChI is InChI=1S/C26H19NO4/c28-25(27-23-13-7-8-14-24(23)31-20-11-5-2-6-12-20)19-15-16-21(26(29)30)22(17-19)18-9-3-1-4-10-18/h1-17H,(H,27,28)(H,29,30). The lowest BCUT2D eigenvalue weighted by molar-refractivity contribution is 0.0697. The minimum Gasteiger partial charge on any atom is -0.478 e. The summed E-state index contributed by atoms with van der Waals surface area (Å²) in [6.45, 7) is 0. The van der Waals surface area contributed by atoms with Gasteiger partial charge in [-0.05, 0) is 53.6 Å². The average molecular weight is 409 g/mol. The van der Waals surface area contributed by atoms with Gasteiger partial charge in [0, 0.05) is 5.56 Å². The highest BCUT2D eigenvalue weighted by molar-refractivity contribution is 6.07. The molecule has 5 heteroatoms. The van der Waals surface area contributed by atoms with Crippen molar-refractivity contribution in [2.45, 2.75) is 0 Å². The maximum atomic E-state index is 13.0. The maximum absolute atomic E-state index is 13.0. The van der Waals surface area contributed by atoms with Crippen molar-refractivity contribution in [2.75, 3.05) is 5.32 Å². The zero-order valence-electron chi connectivity index (χ0n) is 16.5. The summed E-state index contributed by atoms with van der Waals surface area (Å²) < 4.78 is 5.90. The Labute approximate surface area is 179 Å². The van der Waals surface area contributed by atoms with Gasteiger partial charge in [0.25, 0.3) is 5.91 Å². The molecule has 152 valence electrons. The number of carboxylic acid groups (broad SMARTS) is 1. The van der Waals surface area contributed by atoms with Crippen LogP contribution in [-0.2, 0) is 0 Å². The minimum absolute atomic E-state index is 0.135. The predicted molar refractivity (Wildman–Crippen MR) is 120 cm³/mol. The first kappa shape index (κ1) is 19.9. The van der Waals surface area contributed by atoms with E-state index < -0.39 is 5.97 Å². The number of carbonyl (C=O) groups excluding carboxylic acids is 1. The van der Waals surface area contributed by atoms with E-state index in [1.54, 1.807) is 24.3 Å². The van der Waals surface area contributed by atoms with E-state index in [4.69, 9.17) is 4.74 Å². The molecule has 0 aliphatic carbocycles. The number of rotatable bonds is 6. The first-order valence-corrected chi connectivity index (χ1v) is 9.68. The van der Waals surface area contributed by atoms with E-state index in [1.807, 2.05) is 66.7 Å². The van der Waals surface area contributed by atoms with Crippen LogP contribution in [-0.4, -0.2) is 17.0 Å². The van der Waals surface area contributed by atoms with E-state index in [0.717, 1.165) is 5.56 Å². The molecule has 0 saturated carbocycles. The number of hydrogen-bond acceptors (Lipinski definition) is 3. The molecule has 0 radical (unpaired) electrons. The van der Waals surface area contributed by atoms with Gasteiger partial charge >= 0.3 is 5.97 Å². The number of hydrogen-bond donors (Lipinski definition) is 2. The fraction of sp³-hybridized carbons (Fsp3) is 0. The van der Waals surface area contributed by atoms with Crippen molar-refractivity contribution in [1.29, 1.82) is 0 Å². The van der Waals surface area contributed by atoms with Crippen molar-refractivity contribution in [3.05, 3.63) is 114 Å². The Balaban J connectivity index is 1.64. The summed E-state index contributed by atoms with van der Waals surface area (Å²) in [6.07, 6.45) is 0. The molecule has 0 atom stereocenters. The molecule has 2 N–H and O–H groups in total. The number of amides is 1. The number of para-hydroxylation sites is 3. The van der Waals surface area contributed by atoms with Crippen LogP contribution in [0, 0.1) is 0 Å². The number of carboxylic acids is 1. The molecule has 0 heterocycles. The molecule has 1 amide bonds. The SMILES string of the molecule is O=C(Nc1ccccc1Oc1ccccc1)c1ccc(C(=O)O)c(-c2ccccc2)c1. The lowest BCUT2D eigenvalue weighted by Gasteiger charge is -2.13. The Morgan fingerprint density at radius 2 is 1.39 bits per heavy atom. The molecule has 0 aliphatic heterocycles. The minimum atomic E-state index is -1.05. The van der Waals surface area contributed by atoms with E-state index in [-0.39, 0.29) is 11.5 Å². The van der Waals surface area contributed by atoms with E-state index >= 15 is 0 Å². The van der Waals surface area contributed by atoms with E-state index in [0.29, 0.717) is 28.3 Å². The molecular weight excluding hydrogens is 390 g/mol. The van der Waals surface area contributed by atoms with Crippen molar-refractivity contribution < 1.29 is 19.4 Å². The number of benzene rings is 4. The third kappa shape index (κ3) is 4.62.